The number of hydrogen-bond acceptors (Lipinski definition) is 5. The summed E-state index contributed by atoms with van der Waals surface area (Å²) in [4.78, 5) is 18.6. The summed E-state index contributed by atoms with van der Waals surface area (Å²) in [6.07, 6.45) is 0. The van der Waals surface area contributed by atoms with Crippen molar-refractivity contribution >= 4 is 23.1 Å². The highest BCUT2D eigenvalue weighted by atomic mass is 35.5. The smallest absolute Gasteiger partial charge is 0.276 e. The van der Waals surface area contributed by atoms with Crippen molar-refractivity contribution in [3.05, 3.63) is 27.4 Å². The van der Waals surface area contributed by atoms with Crippen molar-refractivity contribution in [1.29, 1.82) is 0 Å². The Kier molecular flexibility index (Phi) is 3.44. The number of likely N-dealkylation sites (N-methyl/N-ethyl adjacent to an activating group) is 1. The van der Waals surface area contributed by atoms with Crippen molar-refractivity contribution in [2.24, 2.45) is 0 Å². The van der Waals surface area contributed by atoms with Crippen LogP contribution in [-0.2, 0) is 0 Å². The zero-order chi connectivity index (χ0) is 12.4. The van der Waals surface area contributed by atoms with Gasteiger partial charge in [0, 0.05) is 26.2 Å². The van der Waals surface area contributed by atoms with Crippen molar-refractivity contribution in [2.75, 3.05) is 38.1 Å². The van der Waals surface area contributed by atoms with Crippen LogP contribution in [0.25, 0.3) is 0 Å². The summed E-state index contributed by atoms with van der Waals surface area (Å²) in [7, 11) is 2.05. The van der Waals surface area contributed by atoms with Gasteiger partial charge in [0.05, 0.1) is 17.1 Å². The first-order valence-electron chi connectivity index (χ1n) is 5.32. The van der Waals surface area contributed by atoms with Gasteiger partial charge in [0.15, 0.2) is 0 Å². The standard InChI is InChI=1S/C10H13ClN4O2/c1-13-2-4-14(5-3-13)10-7-8(15(16)17)6-9(11)12-10/h6-7H,2-5H2,1H3. The van der Waals surface area contributed by atoms with E-state index in [4.69, 9.17) is 11.6 Å². The van der Waals surface area contributed by atoms with Crippen LogP contribution in [0.15, 0.2) is 12.1 Å². The van der Waals surface area contributed by atoms with Crippen LogP contribution < -0.4 is 4.90 Å². The van der Waals surface area contributed by atoms with E-state index < -0.39 is 4.92 Å². The van der Waals surface area contributed by atoms with Gasteiger partial charge in [-0.15, -0.1) is 0 Å². The van der Waals surface area contributed by atoms with Crippen molar-refractivity contribution < 1.29 is 4.92 Å². The normalized spacial score (nSPS) is 17.2. The van der Waals surface area contributed by atoms with Crippen molar-refractivity contribution in [1.82, 2.24) is 9.88 Å². The first kappa shape index (κ1) is 12.1. The Morgan fingerprint density at radius 1 is 1.35 bits per heavy atom. The van der Waals surface area contributed by atoms with Gasteiger partial charge >= 0.3 is 0 Å². The number of rotatable bonds is 2. The highest BCUT2D eigenvalue weighted by molar-refractivity contribution is 6.29. The predicted molar refractivity (Wildman–Crippen MR) is 65.6 cm³/mol. The van der Waals surface area contributed by atoms with Gasteiger partial charge in [-0.2, -0.15) is 0 Å². The number of halogens is 1. The first-order valence-corrected chi connectivity index (χ1v) is 5.69. The molecule has 92 valence electrons. The molecular formula is C10H13ClN4O2. The Hall–Kier alpha value is -1.40. The number of nitro groups is 1. The maximum absolute atomic E-state index is 10.7. The molecule has 0 N–H and O–H groups in total. The Balaban J connectivity index is 2.23. The van der Waals surface area contributed by atoms with Crippen LogP contribution in [0.5, 0.6) is 0 Å². The van der Waals surface area contributed by atoms with E-state index in [0.717, 1.165) is 26.2 Å². The van der Waals surface area contributed by atoms with E-state index in [9.17, 15) is 10.1 Å². The molecule has 17 heavy (non-hydrogen) atoms. The highest BCUT2D eigenvalue weighted by Gasteiger charge is 2.18. The number of pyridine rings is 1. The summed E-state index contributed by atoms with van der Waals surface area (Å²) < 4.78 is 0. The van der Waals surface area contributed by atoms with Gasteiger partial charge in [-0.3, -0.25) is 10.1 Å². The molecule has 7 heteroatoms. The Labute approximate surface area is 104 Å². The maximum Gasteiger partial charge on any atom is 0.276 e. The molecule has 0 atom stereocenters. The van der Waals surface area contributed by atoms with E-state index in [-0.39, 0.29) is 10.8 Å². The van der Waals surface area contributed by atoms with Gasteiger partial charge in [-0.1, -0.05) is 11.6 Å². The minimum atomic E-state index is -0.451. The lowest BCUT2D eigenvalue weighted by molar-refractivity contribution is -0.384. The minimum Gasteiger partial charge on any atom is -0.354 e. The lowest BCUT2D eigenvalue weighted by atomic mass is 10.3. The molecule has 0 aliphatic carbocycles. The van der Waals surface area contributed by atoms with Crippen LogP contribution in [-0.4, -0.2) is 48.0 Å². The van der Waals surface area contributed by atoms with Gasteiger partial charge in [0.1, 0.15) is 11.0 Å². The average molecular weight is 257 g/mol. The third-order valence-corrected chi connectivity index (χ3v) is 3.00. The van der Waals surface area contributed by atoms with Gasteiger partial charge in [0.25, 0.3) is 5.69 Å². The summed E-state index contributed by atoms with van der Waals surface area (Å²) in [5, 5.41) is 10.9. The molecule has 0 amide bonds. The molecule has 1 aromatic heterocycles. The molecular weight excluding hydrogens is 244 g/mol. The molecule has 0 unspecified atom stereocenters. The van der Waals surface area contributed by atoms with E-state index >= 15 is 0 Å². The molecule has 1 aliphatic rings. The van der Waals surface area contributed by atoms with E-state index in [1.54, 1.807) is 0 Å². The molecule has 2 rings (SSSR count). The monoisotopic (exact) mass is 256 g/mol. The summed E-state index contributed by atoms with van der Waals surface area (Å²) in [5.74, 6) is 0.581. The fourth-order valence-corrected chi connectivity index (χ4v) is 1.97. The third-order valence-electron chi connectivity index (χ3n) is 2.80. The zero-order valence-corrected chi connectivity index (χ0v) is 10.2. The SMILES string of the molecule is CN1CCN(c2cc([N+](=O)[O-])cc(Cl)n2)CC1. The summed E-state index contributed by atoms with van der Waals surface area (Å²) >= 11 is 5.79. The van der Waals surface area contributed by atoms with Crippen LogP contribution in [0.1, 0.15) is 0 Å². The topological polar surface area (TPSA) is 62.5 Å². The number of piperazine rings is 1. The molecule has 0 bridgehead atoms. The molecule has 0 saturated carbocycles. The Morgan fingerprint density at radius 3 is 2.59 bits per heavy atom. The van der Waals surface area contributed by atoms with Gasteiger partial charge < -0.3 is 9.80 Å². The molecule has 1 fully saturated rings. The average Bonchev–Trinajstić information content (AvgIpc) is 2.29. The second kappa shape index (κ2) is 4.85. The fraction of sp³-hybridized carbons (Fsp3) is 0.500. The van der Waals surface area contributed by atoms with E-state index in [2.05, 4.69) is 9.88 Å². The zero-order valence-electron chi connectivity index (χ0n) is 9.47. The molecule has 0 spiro atoms. The summed E-state index contributed by atoms with van der Waals surface area (Å²) in [5.41, 5.74) is -0.0149. The van der Waals surface area contributed by atoms with E-state index in [0.29, 0.717) is 5.82 Å². The van der Waals surface area contributed by atoms with Crippen LogP contribution >= 0.6 is 11.6 Å². The van der Waals surface area contributed by atoms with Crippen LogP contribution in [0, 0.1) is 10.1 Å². The number of anilines is 1. The maximum atomic E-state index is 10.7. The largest absolute Gasteiger partial charge is 0.354 e. The highest BCUT2D eigenvalue weighted by Crippen LogP contribution is 2.23. The predicted octanol–water partition coefficient (Wildman–Crippen LogP) is 1.39. The summed E-state index contributed by atoms with van der Waals surface area (Å²) in [6, 6.07) is 2.73. The molecule has 0 radical (unpaired) electrons. The van der Waals surface area contributed by atoms with Gasteiger partial charge in [0.2, 0.25) is 0 Å². The lowest BCUT2D eigenvalue weighted by Crippen LogP contribution is -2.44. The Bertz CT molecular complexity index is 432. The van der Waals surface area contributed by atoms with Gasteiger partial charge in [-0.05, 0) is 7.05 Å². The van der Waals surface area contributed by atoms with E-state index in [1.807, 2.05) is 11.9 Å². The first-order chi connectivity index (χ1) is 8.06. The van der Waals surface area contributed by atoms with Crippen LogP contribution in [0.2, 0.25) is 5.15 Å². The Morgan fingerprint density at radius 2 is 2.00 bits per heavy atom. The van der Waals surface area contributed by atoms with Crippen molar-refractivity contribution in [2.45, 2.75) is 0 Å². The van der Waals surface area contributed by atoms with Crippen molar-refractivity contribution in [3.63, 3.8) is 0 Å². The fourth-order valence-electron chi connectivity index (χ4n) is 1.77. The number of aromatic nitrogens is 1. The van der Waals surface area contributed by atoms with Crippen LogP contribution in [0.4, 0.5) is 11.5 Å². The third kappa shape index (κ3) is 2.83. The molecule has 6 nitrogen and oxygen atoms in total. The van der Waals surface area contributed by atoms with Crippen LogP contribution in [0.3, 0.4) is 0 Å². The lowest BCUT2D eigenvalue weighted by Gasteiger charge is -2.33. The second-order valence-corrected chi connectivity index (χ2v) is 4.44. The molecule has 1 saturated heterocycles. The van der Waals surface area contributed by atoms with Crippen molar-refractivity contribution in [3.8, 4) is 0 Å². The number of nitrogens with zero attached hydrogens (tertiary/aromatic N) is 4. The minimum absolute atomic E-state index is 0.0149. The van der Waals surface area contributed by atoms with E-state index in [1.165, 1.54) is 12.1 Å². The van der Waals surface area contributed by atoms with Gasteiger partial charge in [-0.25, -0.2) is 4.98 Å². The summed E-state index contributed by atoms with van der Waals surface area (Å²) in [6.45, 7) is 3.45. The molecule has 0 aromatic carbocycles. The second-order valence-electron chi connectivity index (χ2n) is 4.05. The quantitative estimate of drug-likeness (QED) is 0.455. The molecule has 2 heterocycles. The molecule has 1 aromatic rings. The number of hydrogen-bond donors (Lipinski definition) is 0. The molecule has 1 aliphatic heterocycles.